The van der Waals surface area contributed by atoms with Crippen LogP contribution >= 0.6 is 0 Å². The minimum atomic E-state index is -4.56. The van der Waals surface area contributed by atoms with Crippen molar-refractivity contribution in [3.05, 3.63) is 90.3 Å². The number of nitrogens with zero attached hydrogens (tertiary/aromatic N) is 5. The van der Waals surface area contributed by atoms with E-state index in [2.05, 4.69) is 25.9 Å². The van der Waals surface area contributed by atoms with Gasteiger partial charge in [0.05, 0.1) is 22.6 Å². The lowest BCUT2D eigenvalue weighted by molar-refractivity contribution is -0.138. The third kappa shape index (κ3) is 6.79. The Hall–Kier alpha value is -5.87. The number of nitrogens with two attached hydrogens (primary N) is 1. The molecule has 0 radical (unpaired) electrons. The fourth-order valence-electron chi connectivity index (χ4n) is 5.33. The number of rotatable bonds is 5. The van der Waals surface area contributed by atoms with E-state index in [1.807, 2.05) is 0 Å². The molecule has 248 valence electrons. The Labute approximate surface area is 267 Å². The van der Waals surface area contributed by atoms with E-state index >= 15 is 0 Å². The number of benzene rings is 3. The van der Waals surface area contributed by atoms with Gasteiger partial charge in [-0.05, 0) is 55.0 Å². The highest BCUT2D eigenvalue weighted by Crippen LogP contribution is 2.35. The third-order valence-corrected chi connectivity index (χ3v) is 7.62. The lowest BCUT2D eigenvalue weighted by Gasteiger charge is -2.18. The molecule has 0 unspecified atom stereocenters. The Morgan fingerprint density at radius 3 is 2.02 bits per heavy atom. The molecule has 5 N–H and O–H groups in total. The van der Waals surface area contributed by atoms with Crippen molar-refractivity contribution in [2.75, 3.05) is 34.8 Å². The number of carbonyl (C=O) groups is 2. The molecule has 1 aliphatic rings. The second-order valence-corrected chi connectivity index (χ2v) is 10.9. The van der Waals surface area contributed by atoms with Crippen LogP contribution in [0.3, 0.4) is 0 Å². The molecular formula is C31H25F6N9O2. The van der Waals surface area contributed by atoms with Crippen molar-refractivity contribution in [1.29, 1.82) is 0 Å². The van der Waals surface area contributed by atoms with Gasteiger partial charge in [-0.2, -0.15) is 31.4 Å². The summed E-state index contributed by atoms with van der Waals surface area (Å²) in [4.78, 5) is 35.3. The first-order chi connectivity index (χ1) is 22.8. The zero-order valence-electron chi connectivity index (χ0n) is 24.6. The van der Waals surface area contributed by atoms with Gasteiger partial charge in [0.15, 0.2) is 5.65 Å². The molecule has 11 nitrogen and oxygen atoms in total. The molecule has 17 heteroatoms. The number of nitrogens with one attached hydrogen (secondary N) is 3. The molecule has 1 fully saturated rings. The second-order valence-electron chi connectivity index (χ2n) is 10.9. The fraction of sp³-hybridized carbons (Fsp3) is 0.194. The van der Waals surface area contributed by atoms with Crippen LogP contribution in [0, 0.1) is 0 Å². The molecule has 0 bridgehead atoms. The van der Waals surface area contributed by atoms with E-state index < -0.39 is 35.5 Å². The molecule has 1 aliphatic heterocycles. The van der Waals surface area contributed by atoms with Gasteiger partial charge in [-0.15, -0.1) is 0 Å². The summed E-state index contributed by atoms with van der Waals surface area (Å²) in [5.74, 6) is 0.154. The van der Waals surface area contributed by atoms with Crippen LogP contribution in [0.2, 0.25) is 0 Å². The summed E-state index contributed by atoms with van der Waals surface area (Å²) in [6.45, 7) is 0.490. The van der Waals surface area contributed by atoms with Crippen LogP contribution in [0.1, 0.15) is 23.6 Å². The maximum atomic E-state index is 13.1. The zero-order valence-corrected chi connectivity index (χ0v) is 24.6. The molecule has 3 aromatic carbocycles. The number of amides is 4. The normalized spacial score (nSPS) is 15.0. The summed E-state index contributed by atoms with van der Waals surface area (Å²) in [5, 5.41) is 12.7. The standard InChI is InChI=1S/C31H25F6N9O2/c32-30(33,34)18-3-1-5-21(13-18)42-28(47)41-20-9-7-17(8-10-20)25-24-26(38)39-16-40-27(24)46(44-25)23-11-12-45(15-23)29(48)43-22-6-2-4-19(14-22)31(35,36)37/h1-10,13-14,16,23H,11-12,15H2,(H,43,48)(H2,38,39,40)(H2,41,42,47)/t23-/m0/s1. The van der Waals surface area contributed by atoms with Crippen molar-refractivity contribution in [2.24, 2.45) is 0 Å². The Morgan fingerprint density at radius 1 is 0.792 bits per heavy atom. The summed E-state index contributed by atoms with van der Waals surface area (Å²) in [6, 6.07) is 13.4. The van der Waals surface area contributed by atoms with Crippen LogP contribution in [0.15, 0.2) is 79.1 Å². The molecule has 3 heterocycles. The summed E-state index contributed by atoms with van der Waals surface area (Å²) >= 11 is 0. The van der Waals surface area contributed by atoms with Gasteiger partial charge in [-0.25, -0.2) is 24.2 Å². The molecule has 0 spiro atoms. The van der Waals surface area contributed by atoms with Crippen LogP contribution in [0.5, 0.6) is 0 Å². The molecule has 1 saturated heterocycles. The molecule has 2 aromatic heterocycles. The average molecular weight is 670 g/mol. The molecule has 4 amide bonds. The predicted octanol–water partition coefficient (Wildman–Crippen LogP) is 7.24. The quantitative estimate of drug-likeness (QED) is 0.145. The van der Waals surface area contributed by atoms with Crippen molar-refractivity contribution in [1.82, 2.24) is 24.6 Å². The lowest BCUT2D eigenvalue weighted by Crippen LogP contribution is -2.33. The zero-order chi connectivity index (χ0) is 34.2. The largest absolute Gasteiger partial charge is 0.416 e. The van der Waals surface area contributed by atoms with E-state index in [0.717, 1.165) is 24.3 Å². The van der Waals surface area contributed by atoms with Crippen molar-refractivity contribution in [3.8, 4) is 11.3 Å². The van der Waals surface area contributed by atoms with Crippen molar-refractivity contribution in [3.63, 3.8) is 0 Å². The number of carbonyl (C=O) groups excluding carboxylic acids is 2. The van der Waals surface area contributed by atoms with E-state index in [4.69, 9.17) is 10.8 Å². The topological polar surface area (TPSA) is 143 Å². The fourth-order valence-corrected chi connectivity index (χ4v) is 5.33. The van der Waals surface area contributed by atoms with E-state index in [1.54, 1.807) is 28.9 Å². The highest BCUT2D eigenvalue weighted by Gasteiger charge is 2.33. The molecule has 5 aromatic rings. The lowest BCUT2D eigenvalue weighted by atomic mass is 10.1. The van der Waals surface area contributed by atoms with Crippen LogP contribution in [0.4, 0.5) is 58.8 Å². The third-order valence-electron chi connectivity index (χ3n) is 7.62. The van der Waals surface area contributed by atoms with E-state index in [9.17, 15) is 35.9 Å². The Bertz CT molecular complexity index is 1990. The molecule has 0 aliphatic carbocycles. The highest BCUT2D eigenvalue weighted by atomic mass is 19.4. The second kappa shape index (κ2) is 12.4. The number of hydrogen-bond donors (Lipinski definition) is 4. The SMILES string of the molecule is Nc1ncnc2c1c(-c1ccc(NC(=O)Nc3cccc(C(F)(F)F)c3)cc1)nn2[C@H]1CCN(C(=O)Nc2cccc(C(F)(F)F)c2)C1. The maximum absolute atomic E-state index is 13.1. The van der Waals surface area contributed by atoms with E-state index in [0.29, 0.717) is 40.9 Å². The first-order valence-corrected chi connectivity index (χ1v) is 14.3. The minimum Gasteiger partial charge on any atom is -0.383 e. The van der Waals surface area contributed by atoms with Gasteiger partial charge < -0.3 is 26.6 Å². The number of hydrogen-bond acceptors (Lipinski definition) is 6. The van der Waals surface area contributed by atoms with Crippen LogP contribution in [-0.2, 0) is 12.4 Å². The number of nitrogen functional groups attached to an aromatic ring is 1. The predicted molar refractivity (Wildman–Crippen MR) is 165 cm³/mol. The van der Waals surface area contributed by atoms with Crippen LogP contribution in [-0.4, -0.2) is 49.8 Å². The molecule has 48 heavy (non-hydrogen) atoms. The number of likely N-dealkylation sites (tertiary alicyclic amines) is 1. The molecular weight excluding hydrogens is 644 g/mol. The number of urea groups is 2. The number of fused-ring (bicyclic) bond motifs is 1. The summed E-state index contributed by atoms with van der Waals surface area (Å²) in [6.07, 6.45) is -7.36. The van der Waals surface area contributed by atoms with Crippen molar-refractivity contribution in [2.45, 2.75) is 24.8 Å². The van der Waals surface area contributed by atoms with Gasteiger partial charge in [0.1, 0.15) is 17.8 Å². The van der Waals surface area contributed by atoms with Crippen molar-refractivity contribution < 1.29 is 35.9 Å². The Kier molecular flexibility index (Phi) is 8.28. The van der Waals surface area contributed by atoms with Crippen LogP contribution in [0.25, 0.3) is 22.3 Å². The number of anilines is 4. The van der Waals surface area contributed by atoms with Gasteiger partial charge in [-0.1, -0.05) is 24.3 Å². The first-order valence-electron chi connectivity index (χ1n) is 14.3. The summed E-state index contributed by atoms with van der Waals surface area (Å²) in [5.41, 5.74) is 6.18. The smallest absolute Gasteiger partial charge is 0.383 e. The average Bonchev–Trinajstić information content (AvgIpc) is 3.67. The van der Waals surface area contributed by atoms with Gasteiger partial charge >= 0.3 is 24.4 Å². The van der Waals surface area contributed by atoms with E-state index in [1.165, 1.54) is 35.5 Å². The number of aromatic nitrogens is 4. The summed E-state index contributed by atoms with van der Waals surface area (Å²) in [7, 11) is 0. The minimum absolute atomic E-state index is 0.0108. The monoisotopic (exact) mass is 669 g/mol. The van der Waals surface area contributed by atoms with Gasteiger partial charge in [0, 0.05) is 35.7 Å². The Morgan fingerprint density at radius 2 is 1.40 bits per heavy atom. The number of halogens is 6. The molecule has 1 atom stereocenters. The molecule has 6 rings (SSSR count). The maximum Gasteiger partial charge on any atom is 0.416 e. The van der Waals surface area contributed by atoms with E-state index in [-0.39, 0.29) is 29.8 Å². The highest BCUT2D eigenvalue weighted by molar-refractivity contribution is 6.01. The molecule has 0 saturated carbocycles. The van der Waals surface area contributed by atoms with Crippen LogP contribution < -0.4 is 21.7 Å². The first kappa shape index (κ1) is 32.1. The van der Waals surface area contributed by atoms with Gasteiger partial charge in [0.2, 0.25) is 0 Å². The van der Waals surface area contributed by atoms with Gasteiger partial charge in [0.25, 0.3) is 0 Å². The summed E-state index contributed by atoms with van der Waals surface area (Å²) < 4.78 is 80.0. The Balaban J connectivity index is 1.17. The number of alkyl halides is 6. The van der Waals surface area contributed by atoms with Crippen molar-refractivity contribution >= 4 is 46.0 Å². The van der Waals surface area contributed by atoms with Gasteiger partial charge in [-0.3, -0.25) is 0 Å².